The number of alkyl halides is 3. The summed E-state index contributed by atoms with van der Waals surface area (Å²) in [5, 5.41) is 4.84. The molecular weight excluding hydrogens is 361 g/mol. The number of carbonyl (C=O) groups is 2. The van der Waals surface area contributed by atoms with E-state index in [0.29, 0.717) is 10.8 Å². The fraction of sp³-hybridized carbons (Fsp3) is 0.125. The first-order valence-electron chi connectivity index (χ1n) is 6.84. The van der Waals surface area contributed by atoms with Gasteiger partial charge in [0, 0.05) is 10.7 Å². The summed E-state index contributed by atoms with van der Waals surface area (Å²) in [6, 6.07) is 8.14. The van der Waals surface area contributed by atoms with Gasteiger partial charge in [0.2, 0.25) is 0 Å². The molecule has 0 fully saturated rings. The molecule has 0 heterocycles. The van der Waals surface area contributed by atoms with E-state index in [9.17, 15) is 22.8 Å². The number of nitrogens with one attached hydrogen (secondary N) is 2. The quantitative estimate of drug-likeness (QED) is 0.802. The predicted octanol–water partition coefficient (Wildman–Crippen LogP) is 3.94. The molecular formula is C16H12ClF3N2O3. The first kappa shape index (κ1) is 18.6. The van der Waals surface area contributed by atoms with Crippen molar-refractivity contribution in [3.05, 3.63) is 53.1 Å². The van der Waals surface area contributed by atoms with E-state index >= 15 is 0 Å². The molecule has 0 saturated carbocycles. The van der Waals surface area contributed by atoms with Crippen LogP contribution in [0.5, 0.6) is 5.75 Å². The smallest absolute Gasteiger partial charge is 0.416 e. The molecule has 0 aromatic heterocycles. The highest BCUT2D eigenvalue weighted by atomic mass is 35.5. The van der Waals surface area contributed by atoms with Crippen LogP contribution in [0.15, 0.2) is 42.5 Å². The van der Waals surface area contributed by atoms with Crippen LogP contribution in [-0.4, -0.2) is 18.9 Å². The second-order valence-electron chi connectivity index (χ2n) is 4.83. The first-order chi connectivity index (χ1) is 11.7. The van der Waals surface area contributed by atoms with Crippen LogP contribution in [0.3, 0.4) is 0 Å². The molecule has 0 unspecified atom stereocenters. The van der Waals surface area contributed by atoms with Gasteiger partial charge in [0.1, 0.15) is 5.75 Å². The van der Waals surface area contributed by atoms with Gasteiger partial charge in [-0.1, -0.05) is 11.6 Å². The van der Waals surface area contributed by atoms with Crippen LogP contribution in [0.1, 0.15) is 5.56 Å². The Morgan fingerprint density at radius 3 is 2.16 bits per heavy atom. The molecule has 0 atom stereocenters. The minimum Gasteiger partial charge on any atom is -0.495 e. The van der Waals surface area contributed by atoms with Crippen molar-refractivity contribution in [3.8, 4) is 5.75 Å². The van der Waals surface area contributed by atoms with Gasteiger partial charge >= 0.3 is 18.0 Å². The Hall–Kier alpha value is -2.74. The summed E-state index contributed by atoms with van der Waals surface area (Å²) in [7, 11) is 1.38. The van der Waals surface area contributed by atoms with Gasteiger partial charge in [-0.15, -0.1) is 0 Å². The molecule has 0 saturated heterocycles. The molecule has 5 nitrogen and oxygen atoms in total. The number of hydrogen-bond donors (Lipinski definition) is 2. The molecule has 2 N–H and O–H groups in total. The number of halogens is 4. The highest BCUT2D eigenvalue weighted by Crippen LogP contribution is 2.30. The highest BCUT2D eigenvalue weighted by Gasteiger charge is 2.30. The minimum absolute atomic E-state index is 0.0474. The Kier molecular flexibility index (Phi) is 5.53. The fourth-order valence-electron chi connectivity index (χ4n) is 1.89. The second kappa shape index (κ2) is 7.43. The SMILES string of the molecule is COc1ccc(Cl)cc1NC(=O)C(=O)Nc1ccc(C(F)(F)F)cc1. The number of benzene rings is 2. The third-order valence-electron chi connectivity index (χ3n) is 3.09. The highest BCUT2D eigenvalue weighted by molar-refractivity contribution is 6.44. The molecule has 2 rings (SSSR count). The van der Waals surface area contributed by atoms with E-state index in [1.165, 1.54) is 19.2 Å². The molecule has 2 aromatic carbocycles. The monoisotopic (exact) mass is 372 g/mol. The summed E-state index contributed by atoms with van der Waals surface area (Å²) in [6.45, 7) is 0. The van der Waals surface area contributed by atoms with Crippen LogP contribution < -0.4 is 15.4 Å². The van der Waals surface area contributed by atoms with Gasteiger partial charge in [0.25, 0.3) is 0 Å². The van der Waals surface area contributed by atoms with E-state index in [2.05, 4.69) is 10.6 Å². The summed E-state index contributed by atoms with van der Waals surface area (Å²) in [6.07, 6.45) is -4.48. The average Bonchev–Trinajstić information content (AvgIpc) is 2.54. The average molecular weight is 373 g/mol. The molecule has 0 aliphatic rings. The van der Waals surface area contributed by atoms with Crippen molar-refractivity contribution in [2.75, 3.05) is 17.7 Å². The zero-order valence-electron chi connectivity index (χ0n) is 12.8. The van der Waals surface area contributed by atoms with Gasteiger partial charge in [0.05, 0.1) is 18.4 Å². The maximum Gasteiger partial charge on any atom is 0.416 e. The number of rotatable bonds is 3. The number of hydrogen-bond acceptors (Lipinski definition) is 3. The van der Waals surface area contributed by atoms with Crippen LogP contribution in [0, 0.1) is 0 Å². The van der Waals surface area contributed by atoms with Crippen molar-refractivity contribution in [3.63, 3.8) is 0 Å². The molecule has 0 spiro atoms. The Morgan fingerprint density at radius 2 is 1.60 bits per heavy atom. The number of carbonyl (C=O) groups excluding carboxylic acids is 2. The van der Waals surface area contributed by atoms with E-state index in [1.807, 2.05) is 0 Å². The summed E-state index contributed by atoms with van der Waals surface area (Å²) >= 11 is 5.82. The molecule has 0 bridgehead atoms. The van der Waals surface area contributed by atoms with Crippen LogP contribution in [0.25, 0.3) is 0 Å². The van der Waals surface area contributed by atoms with Crippen LogP contribution in [0.2, 0.25) is 5.02 Å². The maximum absolute atomic E-state index is 12.5. The molecule has 2 amide bonds. The number of anilines is 2. The summed E-state index contributed by atoms with van der Waals surface area (Å²) in [4.78, 5) is 23.8. The second-order valence-corrected chi connectivity index (χ2v) is 5.26. The van der Waals surface area contributed by atoms with Gasteiger partial charge in [-0.25, -0.2) is 0 Å². The Labute approximate surface area is 145 Å². The van der Waals surface area contributed by atoms with E-state index in [0.717, 1.165) is 24.3 Å². The lowest BCUT2D eigenvalue weighted by Crippen LogP contribution is -2.29. The van der Waals surface area contributed by atoms with Crippen molar-refractivity contribution >= 4 is 34.8 Å². The lowest BCUT2D eigenvalue weighted by Gasteiger charge is -2.11. The molecule has 0 radical (unpaired) electrons. The summed E-state index contributed by atoms with van der Waals surface area (Å²) < 4.78 is 42.5. The molecule has 2 aromatic rings. The third kappa shape index (κ3) is 4.87. The number of methoxy groups -OCH3 is 1. The topological polar surface area (TPSA) is 67.4 Å². The largest absolute Gasteiger partial charge is 0.495 e. The van der Waals surface area contributed by atoms with Crippen molar-refractivity contribution < 1.29 is 27.5 Å². The van der Waals surface area contributed by atoms with Crippen molar-refractivity contribution in [2.24, 2.45) is 0 Å². The maximum atomic E-state index is 12.5. The van der Waals surface area contributed by atoms with Gasteiger partial charge in [-0.05, 0) is 42.5 Å². The number of ether oxygens (including phenoxy) is 1. The van der Waals surface area contributed by atoms with Gasteiger partial charge in [-0.2, -0.15) is 13.2 Å². The standard InChI is InChI=1S/C16H12ClF3N2O3/c1-25-13-7-4-10(17)8-12(13)22-15(24)14(23)21-11-5-2-9(3-6-11)16(18,19)20/h2-8H,1H3,(H,21,23)(H,22,24). The lowest BCUT2D eigenvalue weighted by molar-refractivity contribution is -0.137. The fourth-order valence-corrected chi connectivity index (χ4v) is 2.06. The normalized spacial score (nSPS) is 10.9. The molecule has 132 valence electrons. The summed E-state index contributed by atoms with van der Waals surface area (Å²) in [5.41, 5.74) is -0.632. The Balaban J connectivity index is 2.06. The zero-order valence-corrected chi connectivity index (χ0v) is 13.5. The predicted molar refractivity (Wildman–Crippen MR) is 86.7 cm³/mol. The van der Waals surface area contributed by atoms with E-state index in [1.54, 1.807) is 6.07 Å². The van der Waals surface area contributed by atoms with E-state index in [4.69, 9.17) is 16.3 Å². The first-order valence-corrected chi connectivity index (χ1v) is 7.21. The van der Waals surface area contributed by atoms with Crippen molar-refractivity contribution in [1.82, 2.24) is 0 Å². The van der Waals surface area contributed by atoms with E-state index in [-0.39, 0.29) is 11.4 Å². The minimum atomic E-state index is -4.48. The van der Waals surface area contributed by atoms with Gasteiger partial charge in [-0.3, -0.25) is 9.59 Å². The molecule has 0 aliphatic heterocycles. The third-order valence-corrected chi connectivity index (χ3v) is 3.32. The van der Waals surface area contributed by atoms with Crippen LogP contribution >= 0.6 is 11.6 Å². The zero-order chi connectivity index (χ0) is 18.6. The van der Waals surface area contributed by atoms with Crippen molar-refractivity contribution in [2.45, 2.75) is 6.18 Å². The van der Waals surface area contributed by atoms with E-state index < -0.39 is 23.6 Å². The number of amides is 2. The lowest BCUT2D eigenvalue weighted by atomic mass is 10.2. The van der Waals surface area contributed by atoms with Gasteiger partial charge in [0.15, 0.2) is 0 Å². The Bertz CT molecular complexity index is 792. The van der Waals surface area contributed by atoms with Gasteiger partial charge < -0.3 is 15.4 Å². The molecule has 9 heteroatoms. The molecule has 0 aliphatic carbocycles. The van der Waals surface area contributed by atoms with Crippen LogP contribution in [0.4, 0.5) is 24.5 Å². The summed E-state index contributed by atoms with van der Waals surface area (Å²) in [5.74, 6) is -1.79. The van der Waals surface area contributed by atoms with Crippen molar-refractivity contribution in [1.29, 1.82) is 0 Å². The molecule has 25 heavy (non-hydrogen) atoms. The van der Waals surface area contributed by atoms with Crippen LogP contribution in [-0.2, 0) is 15.8 Å². The Morgan fingerprint density at radius 1 is 1.00 bits per heavy atom.